The summed E-state index contributed by atoms with van der Waals surface area (Å²) in [4.78, 5) is 14.7. The number of carbonyl (C=O) groups is 1. The van der Waals surface area contributed by atoms with E-state index in [9.17, 15) is 4.79 Å². The van der Waals surface area contributed by atoms with E-state index in [0.29, 0.717) is 23.1 Å². The fourth-order valence-electron chi connectivity index (χ4n) is 3.61. The van der Waals surface area contributed by atoms with Crippen LogP contribution in [0.1, 0.15) is 43.0 Å². The van der Waals surface area contributed by atoms with E-state index in [-0.39, 0.29) is 5.91 Å². The molecule has 4 heteroatoms. The first-order chi connectivity index (χ1) is 9.67. The molecule has 1 N–H and O–H groups in total. The predicted molar refractivity (Wildman–Crippen MR) is 81.1 cm³/mol. The summed E-state index contributed by atoms with van der Waals surface area (Å²) in [6, 6.07) is 8.80. The highest BCUT2D eigenvalue weighted by Crippen LogP contribution is 2.30. The third-order valence-corrected chi connectivity index (χ3v) is 4.83. The van der Waals surface area contributed by atoms with Gasteiger partial charge in [0, 0.05) is 35.3 Å². The quantitative estimate of drug-likeness (QED) is 0.928. The summed E-state index contributed by atoms with van der Waals surface area (Å²) in [5.74, 6) is 0.135. The number of hydrogen-bond donors (Lipinski definition) is 1. The van der Waals surface area contributed by atoms with Crippen LogP contribution in [0.25, 0.3) is 0 Å². The van der Waals surface area contributed by atoms with Crippen molar-refractivity contribution < 1.29 is 4.79 Å². The molecule has 2 fully saturated rings. The summed E-state index contributed by atoms with van der Waals surface area (Å²) in [5.41, 5.74) is 0.738. The van der Waals surface area contributed by atoms with Gasteiger partial charge >= 0.3 is 0 Å². The van der Waals surface area contributed by atoms with Gasteiger partial charge in [-0.05, 0) is 56.9 Å². The summed E-state index contributed by atoms with van der Waals surface area (Å²) < 4.78 is 0. The third-order valence-electron chi connectivity index (χ3n) is 4.58. The van der Waals surface area contributed by atoms with E-state index in [2.05, 4.69) is 12.2 Å². The summed E-state index contributed by atoms with van der Waals surface area (Å²) >= 11 is 5.89. The van der Waals surface area contributed by atoms with Gasteiger partial charge in [0.15, 0.2) is 0 Å². The molecule has 2 saturated heterocycles. The molecule has 0 saturated carbocycles. The minimum atomic E-state index is 0.135. The average Bonchev–Trinajstić information content (AvgIpc) is 2.79. The molecule has 2 aliphatic rings. The highest BCUT2D eigenvalue weighted by atomic mass is 35.5. The highest BCUT2D eigenvalue weighted by molar-refractivity contribution is 6.30. The molecule has 1 amide bonds. The molecule has 2 aliphatic heterocycles. The minimum Gasteiger partial charge on any atom is -0.336 e. The van der Waals surface area contributed by atoms with Crippen molar-refractivity contribution in [3.05, 3.63) is 34.9 Å². The van der Waals surface area contributed by atoms with Gasteiger partial charge in [-0.3, -0.25) is 4.79 Å². The summed E-state index contributed by atoms with van der Waals surface area (Å²) in [6.07, 6.45) is 4.69. The molecule has 1 aromatic carbocycles. The number of nitrogens with zero attached hydrogens (tertiary/aromatic N) is 1. The van der Waals surface area contributed by atoms with Crippen LogP contribution >= 0.6 is 11.6 Å². The highest BCUT2D eigenvalue weighted by Gasteiger charge is 2.37. The zero-order valence-corrected chi connectivity index (χ0v) is 12.6. The lowest BCUT2D eigenvalue weighted by Crippen LogP contribution is -2.50. The van der Waals surface area contributed by atoms with Gasteiger partial charge in [-0.2, -0.15) is 0 Å². The fraction of sp³-hybridized carbons (Fsp3) is 0.562. The van der Waals surface area contributed by atoms with Crippen LogP contribution in [0.2, 0.25) is 5.02 Å². The largest absolute Gasteiger partial charge is 0.336 e. The second kappa shape index (κ2) is 5.74. The van der Waals surface area contributed by atoms with Gasteiger partial charge in [-0.1, -0.05) is 11.6 Å². The van der Waals surface area contributed by atoms with Gasteiger partial charge in [0.05, 0.1) is 0 Å². The Labute approximate surface area is 125 Å². The third kappa shape index (κ3) is 2.70. The Morgan fingerprint density at radius 3 is 2.40 bits per heavy atom. The van der Waals surface area contributed by atoms with E-state index in [1.165, 1.54) is 12.8 Å². The molecule has 0 spiro atoms. The molecule has 2 heterocycles. The number of amides is 1. The predicted octanol–water partition coefficient (Wildman–Crippen LogP) is 3.09. The number of fused-ring (bicyclic) bond motifs is 2. The van der Waals surface area contributed by atoms with Crippen molar-refractivity contribution in [2.45, 2.75) is 50.7 Å². The molecular formula is C16H21ClN2O. The molecule has 0 radical (unpaired) electrons. The Morgan fingerprint density at radius 1 is 1.25 bits per heavy atom. The van der Waals surface area contributed by atoms with Gasteiger partial charge in [0.25, 0.3) is 5.91 Å². The van der Waals surface area contributed by atoms with Gasteiger partial charge < -0.3 is 10.2 Å². The van der Waals surface area contributed by atoms with Gasteiger partial charge in [0.2, 0.25) is 0 Å². The first kappa shape index (κ1) is 13.9. The van der Waals surface area contributed by atoms with E-state index in [0.717, 1.165) is 24.9 Å². The van der Waals surface area contributed by atoms with E-state index in [4.69, 9.17) is 11.6 Å². The zero-order chi connectivity index (χ0) is 14.1. The van der Waals surface area contributed by atoms with Crippen LogP contribution in [0.4, 0.5) is 0 Å². The second-order valence-electron chi connectivity index (χ2n) is 5.86. The number of hydrogen-bond acceptors (Lipinski definition) is 2. The smallest absolute Gasteiger partial charge is 0.254 e. The Bertz CT molecular complexity index is 476. The lowest BCUT2D eigenvalue weighted by atomic mass is 9.97. The molecule has 2 bridgehead atoms. The Kier molecular flexibility index (Phi) is 3.99. The van der Waals surface area contributed by atoms with Crippen LogP contribution in [0, 0.1) is 0 Å². The van der Waals surface area contributed by atoms with Crippen molar-refractivity contribution >= 4 is 17.5 Å². The molecule has 20 heavy (non-hydrogen) atoms. The maximum Gasteiger partial charge on any atom is 0.254 e. The van der Waals surface area contributed by atoms with Crippen LogP contribution in [0.3, 0.4) is 0 Å². The maximum atomic E-state index is 12.7. The van der Waals surface area contributed by atoms with E-state index in [1.807, 2.05) is 17.0 Å². The van der Waals surface area contributed by atoms with Crippen molar-refractivity contribution in [3.63, 3.8) is 0 Å². The minimum absolute atomic E-state index is 0.135. The number of rotatable bonds is 3. The fourth-order valence-corrected chi connectivity index (χ4v) is 3.73. The van der Waals surface area contributed by atoms with Crippen molar-refractivity contribution in [2.24, 2.45) is 0 Å². The average molecular weight is 293 g/mol. The Hall–Kier alpha value is -1.06. The lowest BCUT2D eigenvalue weighted by molar-refractivity contribution is 0.0631. The number of carbonyl (C=O) groups excluding carboxylic acids is 1. The Morgan fingerprint density at radius 2 is 1.85 bits per heavy atom. The lowest BCUT2D eigenvalue weighted by Gasteiger charge is -2.37. The van der Waals surface area contributed by atoms with Crippen molar-refractivity contribution in [1.82, 2.24) is 10.2 Å². The van der Waals surface area contributed by atoms with Crippen LogP contribution in [-0.4, -0.2) is 35.5 Å². The molecule has 3 rings (SSSR count). The first-order valence-corrected chi connectivity index (χ1v) is 7.87. The molecule has 1 aromatic rings. The number of halogens is 1. The van der Waals surface area contributed by atoms with Crippen molar-refractivity contribution in [1.29, 1.82) is 0 Å². The van der Waals surface area contributed by atoms with Gasteiger partial charge in [-0.15, -0.1) is 0 Å². The van der Waals surface area contributed by atoms with E-state index in [1.54, 1.807) is 12.1 Å². The van der Waals surface area contributed by atoms with E-state index >= 15 is 0 Å². The molecule has 2 atom stereocenters. The molecule has 0 aliphatic carbocycles. The molecule has 108 valence electrons. The molecule has 3 nitrogen and oxygen atoms in total. The van der Waals surface area contributed by atoms with Crippen LogP contribution in [0.15, 0.2) is 24.3 Å². The standard InChI is InChI=1S/C16H21ClN2O/c1-2-19(15-9-13-7-8-14(10-15)18-13)16(20)11-3-5-12(17)6-4-11/h3-6,13-15,18H,2,7-10H2,1H3. The maximum absolute atomic E-state index is 12.7. The summed E-state index contributed by atoms with van der Waals surface area (Å²) in [5, 5.41) is 4.30. The van der Waals surface area contributed by atoms with Crippen molar-refractivity contribution in [3.8, 4) is 0 Å². The number of piperidine rings is 1. The number of benzene rings is 1. The first-order valence-electron chi connectivity index (χ1n) is 7.50. The second-order valence-corrected chi connectivity index (χ2v) is 6.30. The van der Waals surface area contributed by atoms with Crippen molar-refractivity contribution in [2.75, 3.05) is 6.54 Å². The molecule has 2 unspecified atom stereocenters. The summed E-state index contributed by atoms with van der Waals surface area (Å²) in [6.45, 7) is 2.84. The molecule has 0 aromatic heterocycles. The van der Waals surface area contributed by atoms with Gasteiger partial charge in [-0.25, -0.2) is 0 Å². The number of nitrogens with one attached hydrogen (secondary N) is 1. The van der Waals surface area contributed by atoms with Crippen LogP contribution in [0.5, 0.6) is 0 Å². The topological polar surface area (TPSA) is 32.3 Å². The van der Waals surface area contributed by atoms with Gasteiger partial charge in [0.1, 0.15) is 0 Å². The summed E-state index contributed by atoms with van der Waals surface area (Å²) in [7, 11) is 0. The normalized spacial score (nSPS) is 28.4. The Balaban J connectivity index is 1.75. The SMILES string of the molecule is CCN(C(=O)c1ccc(Cl)cc1)C1CC2CCC(C1)N2. The monoisotopic (exact) mass is 292 g/mol. The zero-order valence-electron chi connectivity index (χ0n) is 11.8. The van der Waals surface area contributed by atoms with Crippen LogP contribution < -0.4 is 5.32 Å². The molecular weight excluding hydrogens is 272 g/mol. The van der Waals surface area contributed by atoms with Crippen LogP contribution in [-0.2, 0) is 0 Å². The van der Waals surface area contributed by atoms with E-state index < -0.39 is 0 Å².